The van der Waals surface area contributed by atoms with Gasteiger partial charge in [0.05, 0.1) is 9.62 Å². The summed E-state index contributed by atoms with van der Waals surface area (Å²) >= 11 is 2.23. The first-order chi connectivity index (χ1) is 13.3. The van der Waals surface area contributed by atoms with Gasteiger partial charge in [0.25, 0.3) is 5.91 Å². The molecular weight excluding hydrogens is 403 g/mol. The number of halogens is 1. The highest BCUT2D eigenvalue weighted by molar-refractivity contribution is 7.22. The molecule has 3 rings (SSSR count). The average Bonchev–Trinajstić information content (AvgIpc) is 3.27. The van der Waals surface area contributed by atoms with Crippen LogP contribution in [0, 0.1) is 15.9 Å². The van der Waals surface area contributed by atoms with Crippen molar-refractivity contribution in [2.24, 2.45) is 0 Å². The van der Waals surface area contributed by atoms with E-state index in [-0.39, 0.29) is 16.4 Å². The van der Waals surface area contributed by atoms with Gasteiger partial charge in [-0.3, -0.25) is 19.8 Å². The van der Waals surface area contributed by atoms with E-state index in [9.17, 15) is 19.3 Å². The number of hydrogen-bond donors (Lipinski definition) is 0. The van der Waals surface area contributed by atoms with E-state index in [0.29, 0.717) is 27.8 Å². The molecule has 3 aromatic rings. The zero-order chi connectivity index (χ0) is 20.3. The summed E-state index contributed by atoms with van der Waals surface area (Å²) in [5, 5.41) is 11.2. The fraction of sp³-hybridized carbons (Fsp3) is 0.222. The molecular formula is C18H17FN4O3S2. The third-order valence-electron chi connectivity index (χ3n) is 3.81. The topological polar surface area (TPSA) is 79.6 Å². The first-order valence-corrected chi connectivity index (χ1v) is 9.92. The van der Waals surface area contributed by atoms with Crippen LogP contribution in [0.2, 0.25) is 0 Å². The molecule has 28 heavy (non-hydrogen) atoms. The van der Waals surface area contributed by atoms with Gasteiger partial charge in [0, 0.05) is 30.1 Å². The maximum absolute atomic E-state index is 14.0. The molecule has 146 valence electrons. The number of aromatic nitrogens is 1. The predicted octanol–water partition coefficient (Wildman–Crippen LogP) is 4.01. The summed E-state index contributed by atoms with van der Waals surface area (Å²) in [5.74, 6) is -0.751. The smallest absolute Gasteiger partial charge is 0.308 e. The van der Waals surface area contributed by atoms with Crippen molar-refractivity contribution in [2.75, 3.05) is 32.1 Å². The lowest BCUT2D eigenvalue weighted by atomic mass is 10.3. The molecule has 0 bridgehead atoms. The van der Waals surface area contributed by atoms with Gasteiger partial charge in [-0.2, -0.15) is 0 Å². The summed E-state index contributed by atoms with van der Waals surface area (Å²) in [7, 11) is 3.78. The number of amides is 1. The van der Waals surface area contributed by atoms with Crippen molar-refractivity contribution in [1.29, 1.82) is 0 Å². The Kier molecular flexibility index (Phi) is 6.12. The molecule has 0 unspecified atom stereocenters. The zero-order valence-corrected chi connectivity index (χ0v) is 16.8. The summed E-state index contributed by atoms with van der Waals surface area (Å²) in [5.41, 5.74) is 0.239. The molecule has 0 aliphatic heterocycles. The number of para-hydroxylation sites is 1. The Balaban J connectivity index is 1.87. The third-order valence-corrected chi connectivity index (χ3v) is 5.85. The Morgan fingerprint density at radius 2 is 2.04 bits per heavy atom. The van der Waals surface area contributed by atoms with Crippen molar-refractivity contribution in [2.45, 2.75) is 0 Å². The van der Waals surface area contributed by atoms with Crippen molar-refractivity contribution in [1.82, 2.24) is 9.88 Å². The van der Waals surface area contributed by atoms with Gasteiger partial charge < -0.3 is 4.90 Å². The Hall–Kier alpha value is -2.69. The highest BCUT2D eigenvalue weighted by atomic mass is 32.1. The quantitative estimate of drug-likeness (QED) is 0.328. The molecule has 1 aromatic carbocycles. The van der Waals surface area contributed by atoms with Crippen LogP contribution in [0.5, 0.6) is 0 Å². The number of likely N-dealkylation sites (N-methyl/N-ethyl adjacent to an activating group) is 1. The lowest BCUT2D eigenvalue weighted by Crippen LogP contribution is -2.35. The number of hydrogen-bond acceptors (Lipinski definition) is 7. The summed E-state index contributed by atoms with van der Waals surface area (Å²) < 4.78 is 14.6. The van der Waals surface area contributed by atoms with Crippen LogP contribution in [-0.2, 0) is 4.79 Å². The number of rotatable bonds is 7. The van der Waals surface area contributed by atoms with Gasteiger partial charge in [-0.1, -0.05) is 28.7 Å². The van der Waals surface area contributed by atoms with Gasteiger partial charge in [-0.15, -0.1) is 0 Å². The number of fused-ring (bicyclic) bond motifs is 1. The molecule has 7 nitrogen and oxygen atoms in total. The van der Waals surface area contributed by atoms with Gasteiger partial charge in [-0.05, 0) is 38.4 Å². The minimum atomic E-state index is -0.469. The summed E-state index contributed by atoms with van der Waals surface area (Å²) in [6, 6.07) is 7.68. The van der Waals surface area contributed by atoms with Crippen molar-refractivity contribution in [3.8, 4) is 0 Å². The first kappa shape index (κ1) is 20.1. The number of carbonyl (C=O) groups is 1. The van der Waals surface area contributed by atoms with Crippen LogP contribution in [0.3, 0.4) is 0 Å². The molecule has 10 heteroatoms. The Bertz CT molecular complexity index is 1040. The normalized spacial score (nSPS) is 11.6. The molecule has 0 spiro atoms. The van der Waals surface area contributed by atoms with Crippen LogP contribution in [0.25, 0.3) is 16.3 Å². The molecule has 0 saturated carbocycles. The molecule has 0 N–H and O–H groups in total. The number of anilines is 1. The van der Waals surface area contributed by atoms with Crippen LogP contribution in [0.15, 0.2) is 36.4 Å². The van der Waals surface area contributed by atoms with Gasteiger partial charge in [0.15, 0.2) is 5.13 Å². The van der Waals surface area contributed by atoms with Crippen molar-refractivity contribution in [3.05, 3.63) is 57.2 Å². The van der Waals surface area contributed by atoms with Gasteiger partial charge in [0.1, 0.15) is 11.3 Å². The van der Waals surface area contributed by atoms with E-state index in [0.717, 1.165) is 11.3 Å². The maximum atomic E-state index is 14.0. The first-order valence-electron chi connectivity index (χ1n) is 8.29. The van der Waals surface area contributed by atoms with Crippen LogP contribution >= 0.6 is 22.7 Å². The standard InChI is InChI=1S/C18H17FN4O3S2/c1-21(2)10-11-22(18-20-17-13(19)4-3-5-14(17)28-18)15(24)8-6-12-7-9-16(27-12)23(25)26/h3-9H,10-11H2,1-2H3/b8-6+. The molecule has 0 atom stereocenters. The number of carbonyl (C=O) groups excluding carboxylic acids is 1. The van der Waals surface area contributed by atoms with Crippen molar-refractivity contribution >= 4 is 55.0 Å². The molecule has 1 amide bonds. The maximum Gasteiger partial charge on any atom is 0.324 e. The van der Waals surface area contributed by atoms with Crippen LogP contribution in [0.1, 0.15) is 4.88 Å². The van der Waals surface area contributed by atoms with E-state index in [2.05, 4.69) is 4.98 Å². The number of benzene rings is 1. The van der Waals surface area contributed by atoms with E-state index >= 15 is 0 Å². The van der Waals surface area contributed by atoms with Crippen molar-refractivity contribution in [3.63, 3.8) is 0 Å². The largest absolute Gasteiger partial charge is 0.324 e. The number of thiazole rings is 1. The van der Waals surface area contributed by atoms with E-state index in [1.165, 1.54) is 40.5 Å². The predicted molar refractivity (Wildman–Crippen MR) is 110 cm³/mol. The highest BCUT2D eigenvalue weighted by Gasteiger charge is 2.19. The Labute approximate surface area is 168 Å². The van der Waals surface area contributed by atoms with Crippen LogP contribution in [0.4, 0.5) is 14.5 Å². The second-order valence-electron chi connectivity index (χ2n) is 6.14. The SMILES string of the molecule is CN(C)CCN(C(=O)/C=C/c1ccc([N+](=O)[O-])s1)c1nc2c(F)cccc2s1. The van der Waals surface area contributed by atoms with E-state index in [4.69, 9.17) is 0 Å². The monoisotopic (exact) mass is 420 g/mol. The molecule has 0 fully saturated rings. The molecule has 0 saturated heterocycles. The third kappa shape index (κ3) is 4.58. The molecule has 2 heterocycles. The number of nitrogens with zero attached hydrogens (tertiary/aromatic N) is 4. The van der Waals surface area contributed by atoms with Crippen LogP contribution < -0.4 is 4.90 Å². The van der Waals surface area contributed by atoms with Gasteiger partial charge in [0.2, 0.25) is 0 Å². The average molecular weight is 420 g/mol. The summed E-state index contributed by atoms with van der Waals surface area (Å²) in [6.45, 7) is 0.977. The Morgan fingerprint density at radius 1 is 1.25 bits per heavy atom. The molecule has 0 radical (unpaired) electrons. The van der Waals surface area contributed by atoms with E-state index < -0.39 is 10.7 Å². The fourth-order valence-electron chi connectivity index (χ4n) is 2.39. The number of nitro groups is 1. The summed E-state index contributed by atoms with van der Waals surface area (Å²) in [6.07, 6.45) is 2.89. The second kappa shape index (κ2) is 8.55. The lowest BCUT2D eigenvalue weighted by Gasteiger charge is -2.20. The molecule has 2 aromatic heterocycles. The lowest BCUT2D eigenvalue weighted by molar-refractivity contribution is -0.380. The van der Waals surface area contributed by atoms with Gasteiger partial charge >= 0.3 is 5.00 Å². The fourth-order valence-corrected chi connectivity index (χ4v) is 4.13. The highest BCUT2D eigenvalue weighted by Crippen LogP contribution is 2.31. The second-order valence-corrected chi connectivity index (χ2v) is 8.25. The zero-order valence-electron chi connectivity index (χ0n) is 15.2. The van der Waals surface area contributed by atoms with E-state index in [1.54, 1.807) is 18.2 Å². The number of thiophene rings is 1. The molecule has 0 aliphatic rings. The van der Waals surface area contributed by atoms with Gasteiger partial charge in [-0.25, -0.2) is 9.37 Å². The summed E-state index contributed by atoms with van der Waals surface area (Å²) in [4.78, 5) is 31.4. The van der Waals surface area contributed by atoms with Crippen molar-refractivity contribution < 1.29 is 14.1 Å². The van der Waals surface area contributed by atoms with Crippen LogP contribution in [-0.4, -0.2) is 47.9 Å². The minimum Gasteiger partial charge on any atom is -0.308 e. The van der Waals surface area contributed by atoms with E-state index in [1.807, 2.05) is 19.0 Å². The minimum absolute atomic E-state index is 0.0122. The Morgan fingerprint density at radius 3 is 2.68 bits per heavy atom. The molecule has 0 aliphatic carbocycles.